The number of rotatable bonds is 3. The summed E-state index contributed by atoms with van der Waals surface area (Å²) in [5.41, 5.74) is -2.75. The molecule has 39 heavy (non-hydrogen) atoms. The molecule has 220 valence electrons. The van der Waals surface area contributed by atoms with Crippen molar-refractivity contribution >= 4 is 5.97 Å². The topological polar surface area (TPSA) is 166 Å². The minimum absolute atomic E-state index is 0.0988. The van der Waals surface area contributed by atoms with Crippen molar-refractivity contribution in [3.05, 3.63) is 11.6 Å². The maximum Gasteiger partial charge on any atom is 0.331 e. The fraction of sp³-hybridized carbons (Fsp3) is 0.897. The van der Waals surface area contributed by atoms with Crippen LogP contribution in [0.1, 0.15) is 72.1 Å². The molecule has 4 aliphatic carbocycles. The molecule has 10 nitrogen and oxygen atoms in total. The van der Waals surface area contributed by atoms with Gasteiger partial charge in [-0.15, -0.1) is 0 Å². The minimum atomic E-state index is -1.40. The van der Waals surface area contributed by atoms with Crippen molar-refractivity contribution in [2.24, 2.45) is 28.6 Å². The number of ether oxygens (including phenoxy) is 3. The highest BCUT2D eigenvalue weighted by Crippen LogP contribution is 2.70. The first-order valence-corrected chi connectivity index (χ1v) is 14.6. The van der Waals surface area contributed by atoms with Crippen LogP contribution >= 0.6 is 0 Å². The van der Waals surface area contributed by atoms with Crippen LogP contribution < -0.4 is 0 Å². The fourth-order valence-electron chi connectivity index (χ4n) is 9.78. The number of hydrogen-bond acceptors (Lipinski definition) is 10. The molecule has 0 aromatic carbocycles. The smallest absolute Gasteiger partial charge is 0.331 e. The molecule has 6 rings (SSSR count). The number of hydrogen-bond donors (Lipinski definition) is 6. The summed E-state index contributed by atoms with van der Waals surface area (Å²) >= 11 is 0. The minimum Gasteiger partial charge on any atom is -0.458 e. The van der Waals surface area contributed by atoms with Gasteiger partial charge in [-0.05, 0) is 80.6 Å². The summed E-state index contributed by atoms with van der Waals surface area (Å²) in [6.45, 7) is 5.86. The highest BCUT2D eigenvalue weighted by Gasteiger charge is 2.72. The summed E-state index contributed by atoms with van der Waals surface area (Å²) in [6.07, 6.45) is -1.27. The largest absolute Gasteiger partial charge is 0.458 e. The van der Waals surface area contributed by atoms with Gasteiger partial charge in [-0.25, -0.2) is 4.79 Å². The molecule has 1 saturated heterocycles. The third-order valence-electron chi connectivity index (χ3n) is 12.3. The van der Waals surface area contributed by atoms with E-state index in [0.717, 1.165) is 5.57 Å². The molecule has 0 spiro atoms. The average molecular weight is 553 g/mol. The van der Waals surface area contributed by atoms with E-state index < -0.39 is 64.9 Å². The first-order chi connectivity index (χ1) is 18.2. The second-order valence-electron chi connectivity index (χ2n) is 13.8. The summed E-state index contributed by atoms with van der Waals surface area (Å²) in [6, 6.07) is 0. The zero-order valence-electron chi connectivity index (χ0n) is 23.0. The molecular formula is C29H44O10. The number of cyclic esters (lactones) is 1. The summed E-state index contributed by atoms with van der Waals surface area (Å²) < 4.78 is 16.9. The lowest BCUT2D eigenvalue weighted by atomic mass is 9.41. The van der Waals surface area contributed by atoms with Crippen molar-refractivity contribution < 1.29 is 49.6 Å². The normalized spacial score (nSPS) is 57.3. The van der Waals surface area contributed by atoms with Crippen LogP contribution in [0.25, 0.3) is 0 Å². The molecule has 0 aromatic heterocycles. The molecule has 2 aliphatic heterocycles. The number of carbonyl (C=O) groups excluding carboxylic acids is 1. The highest BCUT2D eigenvalue weighted by atomic mass is 16.7. The Morgan fingerprint density at radius 2 is 1.69 bits per heavy atom. The third-order valence-corrected chi connectivity index (χ3v) is 12.3. The van der Waals surface area contributed by atoms with E-state index in [2.05, 4.69) is 6.92 Å². The van der Waals surface area contributed by atoms with E-state index in [4.69, 9.17) is 14.2 Å². The molecule has 0 unspecified atom stereocenters. The van der Waals surface area contributed by atoms with E-state index >= 15 is 0 Å². The molecule has 6 N–H and O–H groups in total. The van der Waals surface area contributed by atoms with Gasteiger partial charge in [0.15, 0.2) is 6.29 Å². The Morgan fingerprint density at radius 1 is 0.949 bits per heavy atom. The predicted molar refractivity (Wildman–Crippen MR) is 136 cm³/mol. The van der Waals surface area contributed by atoms with Gasteiger partial charge in [0.1, 0.15) is 24.9 Å². The standard InChI is InChI=1S/C29H44O10/c1-14-22(32)23(33)24(34)25(38-14)39-16-4-7-26(2)19-11-20(30)27(3)17(15-10-21(31)37-13-15)6-9-29(27,36)18(19)5-8-28(26,35)12-16/h10,14,16-20,22-25,30,32-36H,4-9,11-13H2,1-3H3/t14-,16-,17+,18-,19+,20+,22-,23+,24+,25-,26+,27-,28-,29-/m0/s1. The number of aliphatic hydroxyl groups excluding tert-OH is 4. The van der Waals surface area contributed by atoms with Gasteiger partial charge in [-0.1, -0.05) is 13.8 Å². The number of carbonyl (C=O) groups is 1. The van der Waals surface area contributed by atoms with Gasteiger partial charge in [0.2, 0.25) is 0 Å². The van der Waals surface area contributed by atoms with Gasteiger partial charge in [0, 0.05) is 17.9 Å². The zero-order valence-corrected chi connectivity index (χ0v) is 23.0. The van der Waals surface area contributed by atoms with Gasteiger partial charge in [0.05, 0.1) is 29.5 Å². The van der Waals surface area contributed by atoms with Crippen LogP contribution in [0.2, 0.25) is 0 Å². The Hall–Kier alpha value is -1.11. The van der Waals surface area contributed by atoms with E-state index in [9.17, 15) is 35.4 Å². The molecule has 0 radical (unpaired) electrons. The maximum absolute atomic E-state index is 12.4. The van der Waals surface area contributed by atoms with Crippen LogP contribution in [0.3, 0.4) is 0 Å². The Kier molecular flexibility index (Phi) is 6.61. The molecule has 4 saturated carbocycles. The molecule has 0 bridgehead atoms. The number of aliphatic hydroxyl groups is 6. The number of fused-ring (bicyclic) bond motifs is 5. The Labute approximate surface area is 229 Å². The van der Waals surface area contributed by atoms with Crippen molar-refractivity contribution in [2.75, 3.05) is 6.61 Å². The lowest BCUT2D eigenvalue weighted by molar-refractivity contribution is -0.321. The summed E-state index contributed by atoms with van der Waals surface area (Å²) in [5, 5.41) is 66.8. The Morgan fingerprint density at radius 3 is 2.38 bits per heavy atom. The first kappa shape index (κ1) is 28.0. The van der Waals surface area contributed by atoms with Crippen LogP contribution in [-0.2, 0) is 19.0 Å². The quantitative estimate of drug-likeness (QED) is 0.215. The SMILES string of the molecule is C[C@@H]1O[C@@H](O[C@H]2CC[C@]3(C)[C@@H]4C[C@@H](O)[C@]5(C)[C@@H](C6=CC(=O)OC6)CC[C@]5(O)[C@H]4CC[C@]3(O)C2)[C@H](O)[C@H](O)[C@H]1O. The molecule has 0 aromatic rings. The summed E-state index contributed by atoms with van der Waals surface area (Å²) in [4.78, 5) is 11.8. The van der Waals surface area contributed by atoms with Gasteiger partial charge in [0.25, 0.3) is 0 Å². The Balaban J connectivity index is 1.22. The van der Waals surface area contributed by atoms with Crippen LogP contribution in [0.4, 0.5) is 0 Å². The van der Waals surface area contributed by atoms with Crippen molar-refractivity contribution in [3.8, 4) is 0 Å². The van der Waals surface area contributed by atoms with E-state index in [0.29, 0.717) is 51.4 Å². The number of esters is 1. The fourth-order valence-corrected chi connectivity index (χ4v) is 9.78. The predicted octanol–water partition coefficient (Wildman–Crippen LogP) is 0.542. The average Bonchev–Trinajstić information content (AvgIpc) is 3.43. The second kappa shape index (κ2) is 9.19. The van der Waals surface area contributed by atoms with E-state index in [1.165, 1.54) is 6.08 Å². The lowest BCUT2D eigenvalue weighted by Crippen LogP contribution is -2.70. The molecule has 14 atom stereocenters. The van der Waals surface area contributed by atoms with Gasteiger partial charge in [-0.2, -0.15) is 0 Å². The van der Waals surface area contributed by atoms with Crippen LogP contribution in [-0.4, -0.2) is 97.3 Å². The van der Waals surface area contributed by atoms with Crippen molar-refractivity contribution in [2.45, 2.75) is 126 Å². The van der Waals surface area contributed by atoms with Crippen LogP contribution in [0.15, 0.2) is 11.6 Å². The van der Waals surface area contributed by atoms with Gasteiger partial charge < -0.3 is 44.8 Å². The molecule has 6 aliphatic rings. The monoisotopic (exact) mass is 552 g/mol. The van der Waals surface area contributed by atoms with Gasteiger partial charge in [-0.3, -0.25) is 0 Å². The molecule has 5 fully saturated rings. The first-order valence-electron chi connectivity index (χ1n) is 14.6. The molecule has 10 heteroatoms. The zero-order chi connectivity index (χ0) is 28.1. The van der Waals surface area contributed by atoms with E-state index in [-0.39, 0.29) is 30.3 Å². The van der Waals surface area contributed by atoms with Crippen LogP contribution in [0, 0.1) is 28.6 Å². The second-order valence-corrected chi connectivity index (χ2v) is 13.8. The van der Waals surface area contributed by atoms with Crippen molar-refractivity contribution in [3.63, 3.8) is 0 Å². The van der Waals surface area contributed by atoms with E-state index in [1.807, 2.05) is 6.92 Å². The molecule has 0 amide bonds. The molecule has 2 heterocycles. The molecular weight excluding hydrogens is 508 g/mol. The van der Waals surface area contributed by atoms with Crippen molar-refractivity contribution in [1.82, 2.24) is 0 Å². The van der Waals surface area contributed by atoms with Crippen LogP contribution in [0.5, 0.6) is 0 Å². The third kappa shape index (κ3) is 3.79. The highest BCUT2D eigenvalue weighted by molar-refractivity contribution is 5.85. The lowest BCUT2D eigenvalue weighted by Gasteiger charge is -2.67. The van der Waals surface area contributed by atoms with E-state index in [1.54, 1.807) is 6.92 Å². The maximum atomic E-state index is 12.4. The van der Waals surface area contributed by atoms with Crippen molar-refractivity contribution in [1.29, 1.82) is 0 Å². The summed E-state index contributed by atoms with van der Waals surface area (Å²) in [5.74, 6) is -0.709. The van der Waals surface area contributed by atoms with Gasteiger partial charge >= 0.3 is 5.97 Å². The Bertz CT molecular complexity index is 1030. The summed E-state index contributed by atoms with van der Waals surface area (Å²) in [7, 11) is 0.